The fourth-order valence-corrected chi connectivity index (χ4v) is 11.1. The maximum absolute atomic E-state index is 2.54. The number of anilines is 3. The van der Waals surface area contributed by atoms with Crippen molar-refractivity contribution in [3.05, 3.63) is 211 Å². The molecule has 0 aliphatic heterocycles. The van der Waals surface area contributed by atoms with Crippen molar-refractivity contribution >= 4 is 80.9 Å². The van der Waals surface area contributed by atoms with E-state index in [0.717, 1.165) is 11.4 Å². The van der Waals surface area contributed by atoms with Crippen LogP contribution in [0.25, 0.3) is 85.9 Å². The molecule has 0 unspecified atom stereocenters. The maximum atomic E-state index is 2.54. The molecule has 11 aromatic rings. The normalized spacial score (nSPS) is 13.1. The first kappa shape index (κ1) is 34.1. The first-order valence-corrected chi connectivity index (χ1v) is 21.3. The molecule has 0 spiro atoms. The van der Waals surface area contributed by atoms with Gasteiger partial charge < -0.3 is 4.90 Å². The van der Waals surface area contributed by atoms with Gasteiger partial charge in [-0.25, -0.2) is 0 Å². The summed E-state index contributed by atoms with van der Waals surface area (Å²) in [6.07, 6.45) is 0. The molecule has 1 aromatic heterocycles. The van der Waals surface area contributed by atoms with Crippen molar-refractivity contribution in [3.63, 3.8) is 0 Å². The fourth-order valence-electron chi connectivity index (χ4n) is 9.93. The van der Waals surface area contributed by atoms with Gasteiger partial charge in [0.15, 0.2) is 0 Å². The Morgan fingerprint density at radius 2 is 0.983 bits per heavy atom. The van der Waals surface area contributed by atoms with E-state index in [1.165, 1.54) is 103 Å². The number of rotatable bonds is 5. The van der Waals surface area contributed by atoms with E-state index in [2.05, 4.69) is 219 Å². The van der Waals surface area contributed by atoms with E-state index in [9.17, 15) is 0 Å². The smallest absolute Gasteiger partial charge is 0.0546 e. The van der Waals surface area contributed by atoms with Crippen molar-refractivity contribution in [2.24, 2.45) is 0 Å². The Kier molecular flexibility index (Phi) is 7.51. The van der Waals surface area contributed by atoms with Gasteiger partial charge >= 0.3 is 0 Å². The first-order valence-electron chi connectivity index (χ1n) is 20.5. The molecule has 0 N–H and O–H groups in total. The molecule has 0 amide bonds. The van der Waals surface area contributed by atoms with Crippen LogP contribution < -0.4 is 4.90 Å². The quantitative estimate of drug-likeness (QED) is 0.169. The lowest BCUT2D eigenvalue weighted by Crippen LogP contribution is -2.16. The van der Waals surface area contributed by atoms with Crippen LogP contribution in [0, 0.1) is 0 Å². The number of nitrogens with zero attached hydrogens (tertiary/aromatic N) is 1. The summed E-state index contributed by atoms with van der Waals surface area (Å²) in [5.41, 5.74) is 13.5. The van der Waals surface area contributed by atoms with Crippen molar-refractivity contribution in [3.8, 4) is 33.4 Å². The summed E-state index contributed by atoms with van der Waals surface area (Å²) in [5.74, 6) is 0. The van der Waals surface area contributed by atoms with E-state index < -0.39 is 0 Å². The molecule has 12 rings (SSSR count). The molecule has 278 valence electrons. The standard InChI is InChI=1S/C57H39NS/c1-57(2)49-22-12-23-51(56(49)48-33-39-15-3-4-16-40(39)34-50(48)57)58(42-29-25-36(26-30-42)41-27-31-46-45-20-9-10-24-53(45)59-54(46)35-41)52-32-28-38-14-6-8-19-44(38)55(52)47-21-11-17-37-13-5-7-18-43(37)47/h3-35H,1-2H3. The van der Waals surface area contributed by atoms with Crippen molar-refractivity contribution in [1.82, 2.24) is 0 Å². The zero-order valence-electron chi connectivity index (χ0n) is 32.9. The maximum Gasteiger partial charge on any atom is 0.0546 e. The van der Waals surface area contributed by atoms with Gasteiger partial charge in [-0.1, -0.05) is 166 Å². The zero-order chi connectivity index (χ0) is 39.2. The Bertz CT molecular complexity index is 3470. The van der Waals surface area contributed by atoms with Crippen LogP contribution in [0.15, 0.2) is 200 Å². The monoisotopic (exact) mass is 769 g/mol. The summed E-state index contributed by atoms with van der Waals surface area (Å²) < 4.78 is 2.65. The van der Waals surface area contributed by atoms with Crippen LogP contribution in [0.3, 0.4) is 0 Å². The zero-order valence-corrected chi connectivity index (χ0v) is 33.7. The van der Waals surface area contributed by atoms with Gasteiger partial charge in [0.1, 0.15) is 0 Å². The molecule has 1 aliphatic carbocycles. The van der Waals surface area contributed by atoms with Crippen LogP contribution in [-0.4, -0.2) is 0 Å². The van der Waals surface area contributed by atoms with Gasteiger partial charge in [-0.2, -0.15) is 0 Å². The third kappa shape index (κ3) is 5.23. The molecule has 0 saturated heterocycles. The topological polar surface area (TPSA) is 3.24 Å². The van der Waals surface area contributed by atoms with Crippen LogP contribution in [0.2, 0.25) is 0 Å². The summed E-state index contributed by atoms with van der Waals surface area (Å²) in [7, 11) is 0. The summed E-state index contributed by atoms with van der Waals surface area (Å²) in [4.78, 5) is 2.54. The molecule has 1 nitrogen and oxygen atoms in total. The minimum atomic E-state index is -0.173. The molecular formula is C57H39NS. The molecule has 59 heavy (non-hydrogen) atoms. The van der Waals surface area contributed by atoms with E-state index in [0.29, 0.717) is 0 Å². The third-order valence-corrected chi connectivity index (χ3v) is 14.0. The highest BCUT2D eigenvalue weighted by Gasteiger charge is 2.38. The van der Waals surface area contributed by atoms with Gasteiger partial charge in [0.25, 0.3) is 0 Å². The predicted molar refractivity (Wildman–Crippen MR) is 255 cm³/mol. The van der Waals surface area contributed by atoms with Crippen molar-refractivity contribution in [2.45, 2.75) is 19.3 Å². The minimum Gasteiger partial charge on any atom is -0.309 e. The Balaban J connectivity index is 1.12. The summed E-state index contributed by atoms with van der Waals surface area (Å²) in [5, 5.41) is 10.1. The van der Waals surface area contributed by atoms with Gasteiger partial charge in [-0.15, -0.1) is 11.3 Å². The van der Waals surface area contributed by atoms with Gasteiger partial charge in [-0.05, 0) is 114 Å². The molecule has 0 fully saturated rings. The molecule has 1 heterocycles. The Labute approximate surface area is 348 Å². The average molecular weight is 770 g/mol. The van der Waals surface area contributed by atoms with Crippen molar-refractivity contribution in [1.29, 1.82) is 0 Å². The molecule has 1 aliphatic rings. The van der Waals surface area contributed by atoms with Crippen molar-refractivity contribution in [2.75, 3.05) is 4.90 Å². The van der Waals surface area contributed by atoms with Crippen molar-refractivity contribution < 1.29 is 0 Å². The SMILES string of the molecule is CC1(C)c2cc3ccccc3cc2-c2c(N(c3ccc(-c4ccc5c(c4)sc4ccccc45)cc3)c3ccc4ccccc4c3-c3cccc4ccccc34)cccc21. The first-order chi connectivity index (χ1) is 29.0. The second kappa shape index (κ2) is 13.0. The highest BCUT2D eigenvalue weighted by Crippen LogP contribution is 2.56. The van der Waals surface area contributed by atoms with Gasteiger partial charge in [0.2, 0.25) is 0 Å². The van der Waals surface area contributed by atoms with Crippen LogP contribution in [0.5, 0.6) is 0 Å². The van der Waals surface area contributed by atoms with Crippen LogP contribution in [-0.2, 0) is 5.41 Å². The van der Waals surface area contributed by atoms with E-state index in [1.54, 1.807) is 0 Å². The van der Waals surface area contributed by atoms with E-state index in [1.807, 2.05) is 11.3 Å². The fraction of sp³-hybridized carbons (Fsp3) is 0.0526. The Morgan fingerprint density at radius 3 is 1.80 bits per heavy atom. The number of hydrogen-bond acceptors (Lipinski definition) is 2. The largest absolute Gasteiger partial charge is 0.309 e. The summed E-state index contributed by atoms with van der Waals surface area (Å²) in [6, 6.07) is 74.6. The molecule has 0 bridgehead atoms. The highest BCUT2D eigenvalue weighted by atomic mass is 32.1. The number of fused-ring (bicyclic) bond motifs is 9. The van der Waals surface area contributed by atoms with Gasteiger partial charge in [0.05, 0.1) is 11.4 Å². The van der Waals surface area contributed by atoms with E-state index in [-0.39, 0.29) is 5.41 Å². The number of benzene rings is 10. The second-order valence-electron chi connectivity index (χ2n) is 16.5. The molecule has 0 saturated carbocycles. The lowest BCUT2D eigenvalue weighted by molar-refractivity contribution is 0.661. The van der Waals surface area contributed by atoms with Crippen LogP contribution >= 0.6 is 11.3 Å². The molecule has 0 radical (unpaired) electrons. The highest BCUT2D eigenvalue weighted by molar-refractivity contribution is 7.25. The average Bonchev–Trinajstić information content (AvgIpc) is 3.77. The Morgan fingerprint density at radius 1 is 0.373 bits per heavy atom. The van der Waals surface area contributed by atoms with Crippen LogP contribution in [0.4, 0.5) is 17.1 Å². The molecule has 0 atom stereocenters. The summed E-state index contributed by atoms with van der Waals surface area (Å²) in [6.45, 7) is 4.78. The third-order valence-electron chi connectivity index (χ3n) is 12.8. The van der Waals surface area contributed by atoms with Crippen LogP contribution in [0.1, 0.15) is 25.0 Å². The molecule has 10 aromatic carbocycles. The number of hydrogen-bond donors (Lipinski definition) is 0. The molecular weight excluding hydrogens is 731 g/mol. The lowest BCUT2D eigenvalue weighted by atomic mass is 9.82. The van der Waals surface area contributed by atoms with E-state index >= 15 is 0 Å². The molecule has 2 heteroatoms. The Hall–Kier alpha value is -7.00. The van der Waals surface area contributed by atoms with Gasteiger partial charge in [-0.3, -0.25) is 0 Å². The lowest BCUT2D eigenvalue weighted by Gasteiger charge is -2.31. The number of thiophene rings is 1. The summed E-state index contributed by atoms with van der Waals surface area (Å²) >= 11 is 1.87. The van der Waals surface area contributed by atoms with Gasteiger partial charge in [0, 0.05) is 42.4 Å². The predicted octanol–water partition coefficient (Wildman–Crippen LogP) is 16.6. The van der Waals surface area contributed by atoms with E-state index in [4.69, 9.17) is 0 Å². The second-order valence-corrected chi connectivity index (χ2v) is 17.6. The minimum absolute atomic E-state index is 0.173.